The molecule has 2 aromatic rings. The number of allylic oxidation sites excluding steroid dienone is 1. The van der Waals surface area contributed by atoms with Gasteiger partial charge in [0.05, 0.1) is 5.70 Å². The zero-order chi connectivity index (χ0) is 20.2. The third-order valence-corrected chi connectivity index (χ3v) is 6.87. The summed E-state index contributed by atoms with van der Waals surface area (Å²) in [4.78, 5) is 8.99. The third-order valence-electron chi connectivity index (χ3n) is 6.87. The van der Waals surface area contributed by atoms with Crippen LogP contribution in [0.5, 0.6) is 0 Å². The van der Waals surface area contributed by atoms with Gasteiger partial charge in [0.25, 0.3) is 0 Å². The highest BCUT2D eigenvalue weighted by molar-refractivity contribution is 6.55. The van der Waals surface area contributed by atoms with E-state index in [1.807, 2.05) is 18.5 Å². The number of hydrogen-bond donors (Lipinski definition) is 1. The van der Waals surface area contributed by atoms with E-state index in [0.29, 0.717) is 5.92 Å². The van der Waals surface area contributed by atoms with Crippen LogP contribution in [-0.2, 0) is 0 Å². The van der Waals surface area contributed by atoms with Crippen LogP contribution in [0.4, 0.5) is 0 Å². The highest BCUT2D eigenvalue weighted by Crippen LogP contribution is 2.36. The van der Waals surface area contributed by atoms with Crippen LogP contribution in [0.15, 0.2) is 53.4 Å². The van der Waals surface area contributed by atoms with E-state index in [4.69, 9.17) is 5.10 Å². The fourth-order valence-electron chi connectivity index (χ4n) is 5.28. The molecule has 1 N–H and O–H groups in total. The first kappa shape index (κ1) is 19.5. The van der Waals surface area contributed by atoms with E-state index in [-0.39, 0.29) is 0 Å². The molecule has 5 rings (SSSR count). The second kappa shape index (κ2) is 9.15. The number of hydrogen-bond acceptors (Lipinski definition) is 4. The lowest BCUT2D eigenvalue weighted by atomic mass is 9.58. The minimum Gasteiger partial charge on any atom is -0.278 e. The Labute approximate surface area is 180 Å². The molecule has 1 aliphatic heterocycles. The number of hydrazone groups is 1. The normalized spacial score (nSPS) is 22.5. The standard InChI is InChI=1S/C25H30BN4/c1-2-4-11-22-21(10-3-1)23(29-30-24(22)25-27-16-7-17-28-25)18-12-14-20(15-13-18)26-19-8-5-6-9-19/h7,12-17,19,22,29H,1-6,8-11H2. The van der Waals surface area contributed by atoms with Crippen molar-refractivity contribution in [2.24, 2.45) is 11.0 Å². The quantitative estimate of drug-likeness (QED) is 0.750. The second-order valence-electron chi connectivity index (χ2n) is 8.92. The van der Waals surface area contributed by atoms with E-state index in [1.165, 1.54) is 73.7 Å². The molecule has 30 heavy (non-hydrogen) atoms. The van der Waals surface area contributed by atoms with Gasteiger partial charge in [-0.05, 0) is 36.5 Å². The Morgan fingerprint density at radius 1 is 0.833 bits per heavy atom. The molecule has 1 atom stereocenters. The Morgan fingerprint density at radius 3 is 2.37 bits per heavy atom. The molecule has 0 spiro atoms. The van der Waals surface area contributed by atoms with Crippen LogP contribution in [0.3, 0.4) is 0 Å². The van der Waals surface area contributed by atoms with E-state index in [0.717, 1.165) is 30.2 Å². The highest BCUT2D eigenvalue weighted by atomic mass is 15.3. The van der Waals surface area contributed by atoms with Gasteiger partial charge in [-0.3, -0.25) is 5.43 Å². The molecule has 2 fully saturated rings. The van der Waals surface area contributed by atoms with Crippen molar-refractivity contribution in [3.63, 3.8) is 0 Å². The van der Waals surface area contributed by atoms with E-state index in [2.05, 4.69) is 46.9 Å². The van der Waals surface area contributed by atoms with Gasteiger partial charge in [0, 0.05) is 18.3 Å². The van der Waals surface area contributed by atoms with Crippen molar-refractivity contribution in [3.05, 3.63) is 59.7 Å². The maximum absolute atomic E-state index is 4.80. The van der Waals surface area contributed by atoms with Crippen molar-refractivity contribution in [2.45, 2.75) is 70.0 Å². The van der Waals surface area contributed by atoms with Gasteiger partial charge < -0.3 is 0 Å². The Morgan fingerprint density at radius 2 is 1.57 bits per heavy atom. The molecule has 1 radical (unpaired) electrons. The first-order valence-electron chi connectivity index (χ1n) is 11.7. The van der Waals surface area contributed by atoms with Crippen LogP contribution in [-0.4, -0.2) is 23.0 Å². The summed E-state index contributed by atoms with van der Waals surface area (Å²) in [5.74, 6) is 1.83. The van der Waals surface area contributed by atoms with Crippen molar-refractivity contribution < 1.29 is 0 Å². The molecule has 1 unspecified atom stereocenters. The zero-order valence-corrected chi connectivity index (χ0v) is 17.7. The first-order valence-corrected chi connectivity index (χ1v) is 11.7. The fraction of sp³-hybridized carbons (Fsp3) is 0.480. The number of nitrogens with one attached hydrogen (secondary N) is 1. The third kappa shape index (κ3) is 4.21. The highest BCUT2D eigenvalue weighted by Gasteiger charge is 2.31. The van der Waals surface area contributed by atoms with Gasteiger partial charge in [-0.25, -0.2) is 9.97 Å². The van der Waals surface area contributed by atoms with Crippen molar-refractivity contribution in [3.8, 4) is 0 Å². The van der Waals surface area contributed by atoms with Gasteiger partial charge in [0.2, 0.25) is 0 Å². The van der Waals surface area contributed by atoms with Crippen LogP contribution >= 0.6 is 0 Å². The maximum atomic E-state index is 4.80. The van der Waals surface area contributed by atoms with E-state index >= 15 is 0 Å². The van der Waals surface area contributed by atoms with Crippen LogP contribution in [0.2, 0.25) is 5.82 Å². The molecular weight excluding hydrogens is 367 g/mol. The molecule has 0 amide bonds. The van der Waals surface area contributed by atoms with Crippen molar-refractivity contribution in [1.29, 1.82) is 0 Å². The lowest BCUT2D eigenvalue weighted by Crippen LogP contribution is -2.31. The van der Waals surface area contributed by atoms with Crippen LogP contribution in [0, 0.1) is 5.92 Å². The van der Waals surface area contributed by atoms with Gasteiger partial charge in [0.1, 0.15) is 5.71 Å². The lowest BCUT2D eigenvalue weighted by molar-refractivity contribution is 0.520. The molecule has 153 valence electrons. The van der Waals surface area contributed by atoms with Crippen molar-refractivity contribution in [1.82, 2.24) is 15.4 Å². The van der Waals surface area contributed by atoms with Gasteiger partial charge in [-0.15, -0.1) is 0 Å². The molecule has 2 saturated carbocycles. The predicted molar refractivity (Wildman–Crippen MR) is 124 cm³/mol. The number of fused-ring (bicyclic) bond motifs is 1. The smallest absolute Gasteiger partial charge is 0.176 e. The molecular formula is C25H30BN4. The first-order chi connectivity index (χ1) is 14.9. The predicted octanol–water partition coefficient (Wildman–Crippen LogP) is 4.86. The largest absolute Gasteiger partial charge is 0.278 e. The number of rotatable bonds is 4. The Balaban J connectivity index is 1.43. The summed E-state index contributed by atoms with van der Waals surface area (Å²) < 4.78 is 0. The molecule has 0 bridgehead atoms. The summed E-state index contributed by atoms with van der Waals surface area (Å²) in [6.07, 6.45) is 16.4. The van der Waals surface area contributed by atoms with E-state index < -0.39 is 0 Å². The molecule has 3 aliphatic rings. The summed E-state index contributed by atoms with van der Waals surface area (Å²) in [5, 5.41) is 4.80. The molecule has 1 aromatic heterocycles. The Hall–Kier alpha value is -2.43. The second-order valence-corrected chi connectivity index (χ2v) is 8.92. The topological polar surface area (TPSA) is 50.2 Å². The summed E-state index contributed by atoms with van der Waals surface area (Å²) >= 11 is 0. The monoisotopic (exact) mass is 397 g/mol. The molecule has 0 saturated heterocycles. The molecule has 1 aromatic carbocycles. The van der Waals surface area contributed by atoms with Crippen LogP contribution < -0.4 is 10.9 Å². The molecule has 5 heteroatoms. The van der Waals surface area contributed by atoms with E-state index in [1.54, 1.807) is 0 Å². The minimum absolute atomic E-state index is 0.314. The van der Waals surface area contributed by atoms with Crippen molar-refractivity contribution >= 4 is 24.2 Å². The van der Waals surface area contributed by atoms with Gasteiger partial charge in [0.15, 0.2) is 13.1 Å². The lowest BCUT2D eigenvalue weighted by Gasteiger charge is -2.30. The average molecular weight is 397 g/mol. The fourth-order valence-corrected chi connectivity index (χ4v) is 5.28. The van der Waals surface area contributed by atoms with Crippen LogP contribution in [0.25, 0.3) is 5.70 Å². The summed E-state index contributed by atoms with van der Waals surface area (Å²) in [6, 6.07) is 11.0. The van der Waals surface area contributed by atoms with Crippen LogP contribution in [0.1, 0.15) is 75.6 Å². The number of nitrogens with zero attached hydrogens (tertiary/aromatic N) is 3. The SMILES string of the molecule is [B](c1ccc(C2=C3CCCCCCC3C(c3ncccn3)=NN2)cc1)C1CCCC1. The molecule has 4 nitrogen and oxygen atoms in total. The van der Waals surface area contributed by atoms with Crippen molar-refractivity contribution in [2.75, 3.05) is 0 Å². The van der Waals surface area contributed by atoms with Gasteiger partial charge >= 0.3 is 0 Å². The zero-order valence-electron chi connectivity index (χ0n) is 17.7. The Kier molecular flexibility index (Phi) is 5.96. The Bertz CT molecular complexity index is 914. The molecule has 2 aliphatic carbocycles. The molecule has 2 heterocycles. The van der Waals surface area contributed by atoms with Gasteiger partial charge in [-0.1, -0.05) is 80.5 Å². The number of benzene rings is 1. The minimum atomic E-state index is 0.314. The number of aromatic nitrogens is 2. The summed E-state index contributed by atoms with van der Waals surface area (Å²) in [6.45, 7) is 0. The average Bonchev–Trinajstić information content (AvgIpc) is 3.28. The van der Waals surface area contributed by atoms with E-state index in [9.17, 15) is 0 Å². The van der Waals surface area contributed by atoms with Gasteiger partial charge in [-0.2, -0.15) is 5.10 Å². The maximum Gasteiger partial charge on any atom is 0.176 e. The summed E-state index contributed by atoms with van der Waals surface area (Å²) in [7, 11) is 2.46. The summed E-state index contributed by atoms with van der Waals surface area (Å²) in [5.41, 5.74) is 9.69.